The highest BCUT2D eigenvalue weighted by Crippen LogP contribution is 2.46. The lowest BCUT2D eigenvalue weighted by atomic mass is 9.79. The average molecular weight is 772 g/mol. The lowest BCUT2D eigenvalue weighted by molar-refractivity contribution is -0.216. The van der Waals surface area contributed by atoms with Gasteiger partial charge in [-0.3, -0.25) is 23.9 Å². The van der Waals surface area contributed by atoms with Gasteiger partial charge in [0.25, 0.3) is 5.56 Å². The fourth-order valence-corrected chi connectivity index (χ4v) is 7.77. The second-order valence-electron chi connectivity index (χ2n) is 14.8. The number of ether oxygens (including phenoxy) is 6. The molecule has 2 fully saturated rings. The maximum absolute atomic E-state index is 14.3. The van der Waals surface area contributed by atoms with Crippen LogP contribution in [0.5, 0.6) is 0 Å². The molecule has 3 aliphatic heterocycles. The van der Waals surface area contributed by atoms with Crippen LogP contribution in [0.1, 0.15) is 102 Å². The summed E-state index contributed by atoms with van der Waals surface area (Å²) in [4.78, 5) is 78.7. The molecule has 2 saturated heterocycles. The number of H-pyrrole nitrogens is 1. The van der Waals surface area contributed by atoms with Gasteiger partial charge in [-0.2, -0.15) is 4.39 Å². The van der Waals surface area contributed by atoms with Crippen molar-refractivity contribution < 1.29 is 51.6 Å². The van der Waals surface area contributed by atoms with Crippen molar-refractivity contribution >= 4 is 34.6 Å². The number of halogens is 1. The van der Waals surface area contributed by atoms with Crippen LogP contribution in [0.4, 0.5) is 10.1 Å². The van der Waals surface area contributed by atoms with Gasteiger partial charge in [-0.1, -0.05) is 6.92 Å². The Morgan fingerprint density at radius 3 is 2.40 bits per heavy atom. The number of aromatic nitrogens is 2. The van der Waals surface area contributed by atoms with Crippen molar-refractivity contribution in [3.63, 3.8) is 0 Å². The van der Waals surface area contributed by atoms with Gasteiger partial charge < -0.3 is 37.7 Å². The molecular weight excluding hydrogens is 725 g/mol. The third-order valence-electron chi connectivity index (χ3n) is 10.2. The number of nitrogens with zero attached hydrogens (tertiary/aromatic N) is 2. The number of hydrogen-bond donors (Lipinski definition) is 1. The minimum atomic E-state index is -1.32. The summed E-state index contributed by atoms with van der Waals surface area (Å²) in [5, 5.41) is 0.599. The first-order valence-electron chi connectivity index (χ1n) is 18.4. The van der Waals surface area contributed by atoms with Crippen LogP contribution in [0.2, 0.25) is 0 Å². The molecule has 5 heterocycles. The molecule has 0 amide bonds. The van der Waals surface area contributed by atoms with Crippen molar-refractivity contribution in [1.29, 1.82) is 0 Å². The fourth-order valence-electron chi connectivity index (χ4n) is 7.77. The number of rotatable bonds is 13. The Bertz CT molecular complexity index is 2140. The standard InChI is InChI=1S/C38H46FN3O13/c1-7-49-29(44)11-12-38(6)54-30-27(52-33(31(30)55-38)41-18-24(39)32(45)40-36(41)48)19-51-28(43)10-9-13-42-25-16-26-21(14-22(25)20(3)17-37(42,4)5)15-23(35(47)53-26)34(46)50-8-2/h14-16,18,20,27,30-31,33H,7-13,17,19H2,1-6H3,(H,40,45,48)/t20?,27-,30?,31?,33-,38?/m1/s1. The van der Waals surface area contributed by atoms with E-state index in [-0.39, 0.29) is 56.1 Å². The maximum atomic E-state index is 14.3. The van der Waals surface area contributed by atoms with Crippen molar-refractivity contribution in [2.75, 3.05) is 31.3 Å². The number of anilines is 1. The van der Waals surface area contributed by atoms with Crippen LogP contribution in [0.15, 0.2) is 43.2 Å². The molecule has 0 aliphatic carbocycles. The predicted molar refractivity (Wildman–Crippen MR) is 192 cm³/mol. The first-order valence-corrected chi connectivity index (χ1v) is 18.4. The summed E-state index contributed by atoms with van der Waals surface area (Å²) in [7, 11) is 0. The van der Waals surface area contributed by atoms with Gasteiger partial charge in [-0.05, 0) is 71.1 Å². The largest absolute Gasteiger partial charge is 0.466 e. The molecule has 55 heavy (non-hydrogen) atoms. The molecule has 1 aromatic carbocycles. The minimum Gasteiger partial charge on any atom is -0.466 e. The van der Waals surface area contributed by atoms with E-state index in [0.29, 0.717) is 30.1 Å². The molecule has 0 bridgehead atoms. The van der Waals surface area contributed by atoms with Crippen molar-refractivity contribution in [3.8, 4) is 0 Å². The topological polar surface area (TPSA) is 195 Å². The number of aromatic amines is 1. The van der Waals surface area contributed by atoms with Crippen molar-refractivity contribution in [1.82, 2.24) is 9.55 Å². The Kier molecular flexibility index (Phi) is 11.4. The zero-order chi connectivity index (χ0) is 39.8. The molecule has 1 N–H and O–H groups in total. The van der Waals surface area contributed by atoms with E-state index in [1.54, 1.807) is 26.8 Å². The van der Waals surface area contributed by atoms with E-state index >= 15 is 0 Å². The van der Waals surface area contributed by atoms with Crippen molar-refractivity contribution in [2.45, 2.75) is 115 Å². The molecule has 4 unspecified atom stereocenters. The molecule has 298 valence electrons. The zero-order valence-electron chi connectivity index (χ0n) is 31.6. The Labute approximate surface area is 314 Å². The van der Waals surface area contributed by atoms with Gasteiger partial charge in [-0.25, -0.2) is 14.4 Å². The monoisotopic (exact) mass is 771 g/mol. The summed E-state index contributed by atoms with van der Waals surface area (Å²) in [6, 6.07) is 5.21. The average Bonchev–Trinajstić information content (AvgIpc) is 3.63. The Balaban J connectivity index is 1.14. The van der Waals surface area contributed by atoms with Gasteiger partial charge in [0.15, 0.2) is 12.0 Å². The van der Waals surface area contributed by atoms with E-state index in [9.17, 15) is 33.2 Å². The molecule has 0 saturated carbocycles. The lowest BCUT2D eigenvalue weighted by Crippen LogP contribution is -2.48. The van der Waals surface area contributed by atoms with E-state index in [0.717, 1.165) is 22.2 Å². The second-order valence-corrected chi connectivity index (χ2v) is 14.8. The summed E-state index contributed by atoms with van der Waals surface area (Å²) in [6.45, 7) is 11.8. The molecular formula is C38H46FN3O13. The summed E-state index contributed by atoms with van der Waals surface area (Å²) >= 11 is 0. The first kappa shape index (κ1) is 39.8. The van der Waals surface area contributed by atoms with E-state index < -0.39 is 70.9 Å². The van der Waals surface area contributed by atoms with Gasteiger partial charge in [0.2, 0.25) is 5.82 Å². The van der Waals surface area contributed by atoms with E-state index in [2.05, 4.69) is 25.7 Å². The van der Waals surface area contributed by atoms with Gasteiger partial charge in [0, 0.05) is 42.1 Å². The molecule has 0 radical (unpaired) electrons. The molecule has 0 spiro atoms. The molecule has 6 rings (SSSR count). The number of carbonyl (C=O) groups is 3. The van der Waals surface area contributed by atoms with Crippen LogP contribution in [0.25, 0.3) is 11.0 Å². The molecule has 17 heteroatoms. The highest BCUT2D eigenvalue weighted by Gasteiger charge is 2.58. The van der Waals surface area contributed by atoms with Gasteiger partial charge in [0.05, 0.1) is 25.8 Å². The van der Waals surface area contributed by atoms with Crippen LogP contribution >= 0.6 is 0 Å². The Morgan fingerprint density at radius 1 is 0.964 bits per heavy atom. The van der Waals surface area contributed by atoms with Crippen LogP contribution in [0, 0.1) is 5.82 Å². The zero-order valence-corrected chi connectivity index (χ0v) is 31.6. The number of benzene rings is 1. The normalized spacial score (nSPS) is 25.4. The first-order chi connectivity index (χ1) is 26.0. The van der Waals surface area contributed by atoms with E-state index in [4.69, 9.17) is 32.8 Å². The molecule has 6 atom stereocenters. The number of fused-ring (bicyclic) bond motifs is 3. The van der Waals surface area contributed by atoms with Gasteiger partial charge in [-0.15, -0.1) is 0 Å². The van der Waals surface area contributed by atoms with Crippen molar-refractivity contribution in [2.24, 2.45) is 0 Å². The summed E-state index contributed by atoms with van der Waals surface area (Å²) in [5.41, 5.74) is -1.24. The number of nitrogens with one attached hydrogen (secondary N) is 1. The smallest absolute Gasteiger partial charge is 0.351 e. The second kappa shape index (κ2) is 15.7. The molecule has 16 nitrogen and oxygen atoms in total. The third kappa shape index (κ3) is 8.23. The van der Waals surface area contributed by atoms with E-state index in [1.165, 1.54) is 6.07 Å². The summed E-state index contributed by atoms with van der Waals surface area (Å²) < 4.78 is 54.8. The van der Waals surface area contributed by atoms with Crippen LogP contribution in [-0.2, 0) is 38.0 Å². The summed E-state index contributed by atoms with van der Waals surface area (Å²) in [6.07, 6.45) is -2.06. The van der Waals surface area contributed by atoms with Crippen LogP contribution in [-0.4, -0.2) is 83.5 Å². The fraction of sp³-hybridized carbons (Fsp3) is 0.579. The lowest BCUT2D eigenvalue weighted by Gasteiger charge is -2.47. The maximum Gasteiger partial charge on any atom is 0.351 e. The molecule has 2 aromatic heterocycles. The summed E-state index contributed by atoms with van der Waals surface area (Å²) in [5.74, 6) is -4.12. The highest BCUT2D eigenvalue weighted by molar-refractivity contribution is 5.94. The number of esters is 3. The van der Waals surface area contributed by atoms with Gasteiger partial charge >= 0.3 is 29.2 Å². The highest BCUT2D eigenvalue weighted by atomic mass is 19.1. The third-order valence-corrected chi connectivity index (χ3v) is 10.2. The minimum absolute atomic E-state index is 0.0273. The van der Waals surface area contributed by atoms with E-state index in [1.807, 2.05) is 11.1 Å². The molecule has 3 aliphatic rings. The number of hydrogen-bond acceptors (Lipinski definition) is 14. The Morgan fingerprint density at radius 2 is 1.67 bits per heavy atom. The number of carbonyl (C=O) groups excluding carboxylic acids is 3. The van der Waals surface area contributed by atoms with Crippen LogP contribution in [0.3, 0.4) is 0 Å². The molecule has 3 aromatic rings. The SMILES string of the molecule is CCOC(=O)CCC1(C)OC2C(O1)[C@@H](COC(=O)CCCN1c3cc4oc(=O)c(C(=O)OCC)cc4cc3C(C)CC1(C)C)O[C@H]2n1cc(F)c(=O)[nH]c1=O. The van der Waals surface area contributed by atoms with Crippen molar-refractivity contribution in [3.05, 3.63) is 72.6 Å². The van der Waals surface area contributed by atoms with Crippen LogP contribution < -0.4 is 21.8 Å². The predicted octanol–water partition coefficient (Wildman–Crippen LogP) is 3.82. The van der Waals surface area contributed by atoms with Gasteiger partial charge in [0.1, 0.15) is 36.1 Å². The quantitative estimate of drug-likeness (QED) is 0.150. The Hall–Kier alpha value is -4.87.